The lowest BCUT2D eigenvalue weighted by Crippen LogP contribution is -2.60. The highest BCUT2D eigenvalue weighted by Crippen LogP contribution is 2.55. The lowest BCUT2D eigenvalue weighted by molar-refractivity contribution is -0.384. The fraction of sp³-hybridized carbons (Fsp3) is 0.259. The first-order chi connectivity index (χ1) is 18.3. The molecule has 0 fully saturated rings. The second kappa shape index (κ2) is 10.2. The van der Waals surface area contributed by atoms with Crippen LogP contribution in [-0.2, 0) is 28.6 Å². The summed E-state index contributed by atoms with van der Waals surface area (Å²) in [5.41, 5.74) is -1.58. The number of benzene rings is 2. The van der Waals surface area contributed by atoms with Crippen LogP contribution in [-0.4, -0.2) is 49.7 Å². The summed E-state index contributed by atoms with van der Waals surface area (Å²) in [7, 11) is 2.25. The van der Waals surface area contributed by atoms with Gasteiger partial charge in [0.2, 0.25) is 0 Å². The first-order valence-electron chi connectivity index (χ1n) is 11.6. The number of nitro groups is 1. The Labute approximate surface area is 217 Å². The lowest BCUT2D eigenvalue weighted by Gasteiger charge is -2.50. The second-order valence-electron chi connectivity index (χ2n) is 8.46. The molecule has 3 atom stereocenters. The van der Waals surface area contributed by atoms with Gasteiger partial charge in [-0.1, -0.05) is 42.5 Å². The molecule has 38 heavy (non-hydrogen) atoms. The van der Waals surface area contributed by atoms with Crippen LogP contribution in [0.1, 0.15) is 24.0 Å². The number of nitriles is 1. The molecule has 0 amide bonds. The third kappa shape index (κ3) is 3.87. The maximum atomic E-state index is 13.8. The van der Waals surface area contributed by atoms with Crippen LogP contribution in [0, 0.1) is 26.9 Å². The molecule has 11 nitrogen and oxygen atoms in total. The summed E-state index contributed by atoms with van der Waals surface area (Å²) < 4.78 is 15.5. The van der Waals surface area contributed by atoms with Gasteiger partial charge in [-0.3, -0.25) is 14.9 Å². The molecule has 0 spiro atoms. The second-order valence-corrected chi connectivity index (χ2v) is 8.46. The molecule has 194 valence electrons. The van der Waals surface area contributed by atoms with E-state index in [1.807, 2.05) is 0 Å². The summed E-state index contributed by atoms with van der Waals surface area (Å²) >= 11 is 0. The smallest absolute Gasteiger partial charge is 0.355 e. The first-order valence-corrected chi connectivity index (χ1v) is 11.6. The summed E-state index contributed by atoms with van der Waals surface area (Å²) in [4.78, 5) is 52.6. The minimum absolute atomic E-state index is 0.0661. The highest BCUT2D eigenvalue weighted by Gasteiger charge is 2.63. The van der Waals surface area contributed by atoms with E-state index in [1.165, 1.54) is 29.2 Å². The van der Waals surface area contributed by atoms with Crippen LogP contribution in [0.2, 0.25) is 0 Å². The van der Waals surface area contributed by atoms with Crippen LogP contribution in [0.3, 0.4) is 0 Å². The van der Waals surface area contributed by atoms with Crippen LogP contribution >= 0.6 is 0 Å². The van der Waals surface area contributed by atoms with Crippen molar-refractivity contribution in [1.29, 1.82) is 5.26 Å². The molecular weight excluding hydrogens is 494 g/mol. The van der Waals surface area contributed by atoms with Gasteiger partial charge in [-0.05, 0) is 24.1 Å². The third-order valence-electron chi connectivity index (χ3n) is 6.66. The average molecular weight is 517 g/mol. The van der Waals surface area contributed by atoms with E-state index in [0.29, 0.717) is 11.3 Å². The summed E-state index contributed by atoms with van der Waals surface area (Å²) in [6.45, 7) is 1.51. The molecule has 0 bridgehead atoms. The number of carbonyl (C=O) groups excluding carboxylic acids is 3. The van der Waals surface area contributed by atoms with Crippen molar-refractivity contribution in [3.63, 3.8) is 0 Å². The van der Waals surface area contributed by atoms with Crippen molar-refractivity contribution in [3.05, 3.63) is 87.1 Å². The number of anilines is 1. The Hall–Kier alpha value is -4.98. The number of hydrogen-bond donors (Lipinski definition) is 0. The van der Waals surface area contributed by atoms with Crippen molar-refractivity contribution in [3.8, 4) is 6.07 Å². The first kappa shape index (κ1) is 26.1. The molecule has 2 aromatic carbocycles. The Morgan fingerprint density at radius 1 is 1.08 bits per heavy atom. The predicted molar refractivity (Wildman–Crippen MR) is 133 cm³/mol. The van der Waals surface area contributed by atoms with E-state index >= 15 is 0 Å². The highest BCUT2D eigenvalue weighted by molar-refractivity contribution is 6.08. The standard InChI is InChI=1S/C27H23N3O8/c1-4-38-26(33)27(15-28)20-14-11-16-7-5-6-8-19(16)29(20)23(25(32)37-3)21(24(31)36-2)22(27)17-9-12-18(13-10-17)30(34)35/h5-14,20,22H,4H2,1-3H3/t20-,22-,27+/m1/s1. The number of carbonyl (C=O) groups is 3. The number of hydrogen-bond acceptors (Lipinski definition) is 10. The molecule has 0 aromatic heterocycles. The molecule has 0 N–H and O–H groups in total. The SMILES string of the molecule is CCOC(=O)[C@]1(C#N)[C@H](c2ccc([N+](=O)[O-])cc2)C(C(=O)OC)=C(C(=O)OC)N2c3ccccc3C=C[C@@H]21. The van der Waals surface area contributed by atoms with E-state index in [2.05, 4.69) is 6.07 Å². The zero-order chi connectivity index (χ0) is 27.6. The number of rotatable bonds is 6. The number of methoxy groups -OCH3 is 2. The quantitative estimate of drug-likeness (QED) is 0.242. The van der Waals surface area contributed by atoms with Gasteiger partial charge < -0.3 is 19.1 Å². The Kier molecular flexibility index (Phi) is 6.99. The van der Waals surface area contributed by atoms with Gasteiger partial charge in [0.25, 0.3) is 5.69 Å². The van der Waals surface area contributed by atoms with Crippen molar-refractivity contribution < 1.29 is 33.5 Å². The van der Waals surface area contributed by atoms with Gasteiger partial charge >= 0.3 is 17.9 Å². The molecule has 0 radical (unpaired) electrons. The minimum Gasteiger partial charge on any atom is -0.466 e. The largest absolute Gasteiger partial charge is 0.466 e. The molecular formula is C27H23N3O8. The van der Waals surface area contributed by atoms with E-state index < -0.39 is 40.2 Å². The number of esters is 3. The van der Waals surface area contributed by atoms with Gasteiger partial charge in [-0.25, -0.2) is 9.59 Å². The fourth-order valence-electron chi connectivity index (χ4n) is 5.07. The molecule has 2 heterocycles. The zero-order valence-electron chi connectivity index (χ0n) is 20.7. The molecule has 0 saturated carbocycles. The summed E-state index contributed by atoms with van der Waals surface area (Å²) in [6.07, 6.45) is 3.31. The van der Waals surface area contributed by atoms with Crippen LogP contribution in [0.5, 0.6) is 0 Å². The van der Waals surface area contributed by atoms with Gasteiger partial charge in [-0.15, -0.1) is 0 Å². The van der Waals surface area contributed by atoms with Crippen molar-refractivity contribution in [2.24, 2.45) is 5.41 Å². The van der Waals surface area contributed by atoms with Gasteiger partial charge in [0.1, 0.15) is 5.70 Å². The molecule has 0 saturated heterocycles. The zero-order valence-corrected chi connectivity index (χ0v) is 20.7. The van der Waals surface area contributed by atoms with Gasteiger partial charge in [0.15, 0.2) is 5.41 Å². The van der Waals surface area contributed by atoms with Crippen LogP contribution in [0.25, 0.3) is 6.08 Å². The van der Waals surface area contributed by atoms with Gasteiger partial charge in [0, 0.05) is 17.8 Å². The van der Waals surface area contributed by atoms with Gasteiger partial charge in [0.05, 0.1) is 49.4 Å². The predicted octanol–water partition coefficient (Wildman–Crippen LogP) is 3.27. The fourth-order valence-corrected chi connectivity index (χ4v) is 5.07. The minimum atomic E-state index is -2.11. The number of fused-ring (bicyclic) bond motifs is 3. The third-order valence-corrected chi connectivity index (χ3v) is 6.66. The van der Waals surface area contributed by atoms with E-state index in [-0.39, 0.29) is 29.1 Å². The molecule has 2 aromatic rings. The lowest BCUT2D eigenvalue weighted by atomic mass is 9.61. The monoisotopic (exact) mass is 517 g/mol. The highest BCUT2D eigenvalue weighted by atomic mass is 16.6. The summed E-state index contributed by atoms with van der Waals surface area (Å²) in [5, 5.41) is 22.0. The number of nitrogens with zero attached hydrogens (tertiary/aromatic N) is 3. The van der Waals surface area contributed by atoms with Crippen molar-refractivity contribution in [2.75, 3.05) is 25.7 Å². The molecule has 0 unspecified atom stereocenters. The Bertz CT molecular complexity index is 1420. The molecule has 11 heteroatoms. The van der Waals surface area contributed by atoms with Crippen molar-refractivity contribution in [1.82, 2.24) is 0 Å². The van der Waals surface area contributed by atoms with Crippen LogP contribution in [0.15, 0.2) is 65.9 Å². The van der Waals surface area contributed by atoms with Crippen LogP contribution in [0.4, 0.5) is 11.4 Å². The maximum Gasteiger partial charge on any atom is 0.355 e. The Morgan fingerprint density at radius 3 is 2.32 bits per heavy atom. The summed E-state index contributed by atoms with van der Waals surface area (Å²) in [6, 6.07) is 13.0. The number of nitro benzene ring substituents is 1. The topological polar surface area (TPSA) is 149 Å². The Balaban J connectivity index is 2.18. The van der Waals surface area contributed by atoms with E-state index in [4.69, 9.17) is 14.2 Å². The van der Waals surface area contributed by atoms with Crippen LogP contribution < -0.4 is 4.90 Å². The number of para-hydroxylation sites is 1. The molecule has 2 aliphatic heterocycles. The maximum absolute atomic E-state index is 13.8. The number of non-ortho nitro benzene ring substituents is 1. The van der Waals surface area contributed by atoms with E-state index in [0.717, 1.165) is 14.2 Å². The van der Waals surface area contributed by atoms with Gasteiger partial charge in [-0.2, -0.15) is 5.26 Å². The average Bonchev–Trinajstić information content (AvgIpc) is 2.94. The van der Waals surface area contributed by atoms with E-state index in [1.54, 1.807) is 43.3 Å². The molecule has 0 aliphatic carbocycles. The normalized spacial score (nSPS) is 21.5. The summed E-state index contributed by atoms with van der Waals surface area (Å²) in [5.74, 6) is -4.23. The Morgan fingerprint density at radius 2 is 1.74 bits per heavy atom. The number of ether oxygens (including phenoxy) is 3. The van der Waals surface area contributed by atoms with Crippen molar-refractivity contribution >= 4 is 35.4 Å². The molecule has 2 aliphatic rings. The van der Waals surface area contributed by atoms with E-state index in [9.17, 15) is 29.8 Å². The van der Waals surface area contributed by atoms with Crippen molar-refractivity contribution in [2.45, 2.75) is 18.9 Å². The molecule has 4 rings (SSSR count).